The van der Waals surface area contributed by atoms with Crippen molar-refractivity contribution in [3.8, 4) is 11.5 Å². The summed E-state index contributed by atoms with van der Waals surface area (Å²) in [6, 6.07) is 11.3. The first-order valence-electron chi connectivity index (χ1n) is 11.2. The molecule has 1 saturated heterocycles. The topological polar surface area (TPSA) is 71.1 Å². The van der Waals surface area contributed by atoms with Crippen molar-refractivity contribution >= 4 is 15.7 Å². The minimum Gasteiger partial charge on any atom is -0.493 e. The number of nitrogens with one attached hydrogen (secondary N) is 1. The van der Waals surface area contributed by atoms with Gasteiger partial charge in [0.1, 0.15) is 0 Å². The number of rotatable bonds is 8. The average Bonchev–Trinajstić information content (AvgIpc) is 3.33. The van der Waals surface area contributed by atoms with Crippen molar-refractivity contribution in [2.24, 2.45) is 0 Å². The lowest BCUT2D eigenvalue weighted by molar-refractivity contribution is 0.246. The van der Waals surface area contributed by atoms with Crippen LogP contribution < -0.4 is 19.1 Å². The number of ether oxygens (including phenoxy) is 2. The summed E-state index contributed by atoms with van der Waals surface area (Å²) in [5.41, 5.74) is 3.81. The van der Waals surface area contributed by atoms with Crippen LogP contribution >= 0.6 is 0 Å². The van der Waals surface area contributed by atoms with E-state index in [1.807, 2.05) is 0 Å². The maximum Gasteiger partial charge on any atom is 0.240 e. The van der Waals surface area contributed by atoms with Gasteiger partial charge >= 0.3 is 0 Å². The van der Waals surface area contributed by atoms with E-state index in [2.05, 4.69) is 39.8 Å². The van der Waals surface area contributed by atoms with Crippen molar-refractivity contribution in [3.63, 3.8) is 0 Å². The number of methoxy groups -OCH3 is 2. The first-order chi connectivity index (χ1) is 15.4. The number of fused-ring (bicyclic) bond motifs is 1. The van der Waals surface area contributed by atoms with E-state index in [9.17, 15) is 8.42 Å². The third-order valence-corrected chi connectivity index (χ3v) is 7.97. The van der Waals surface area contributed by atoms with Crippen LogP contribution in [0.4, 0.5) is 5.69 Å². The van der Waals surface area contributed by atoms with Gasteiger partial charge in [0.2, 0.25) is 10.0 Å². The summed E-state index contributed by atoms with van der Waals surface area (Å²) in [7, 11) is 1.46. The van der Waals surface area contributed by atoms with Gasteiger partial charge in [0.15, 0.2) is 11.5 Å². The van der Waals surface area contributed by atoms with Crippen molar-refractivity contribution in [1.82, 2.24) is 9.62 Å². The van der Waals surface area contributed by atoms with Crippen LogP contribution in [0.15, 0.2) is 41.3 Å². The van der Waals surface area contributed by atoms with Gasteiger partial charge in [-0.1, -0.05) is 12.1 Å². The number of hydrogen-bond donors (Lipinski definition) is 1. The van der Waals surface area contributed by atoms with Crippen LogP contribution in [0.2, 0.25) is 0 Å². The van der Waals surface area contributed by atoms with Gasteiger partial charge in [0, 0.05) is 37.9 Å². The molecule has 0 amide bonds. The molecule has 8 heteroatoms. The molecule has 174 valence electrons. The number of benzene rings is 2. The predicted octanol–water partition coefficient (Wildman–Crippen LogP) is 3.20. The van der Waals surface area contributed by atoms with Crippen LogP contribution in [0.1, 0.15) is 36.4 Å². The molecule has 0 bridgehead atoms. The molecule has 0 radical (unpaired) electrons. The van der Waals surface area contributed by atoms with Gasteiger partial charge in [-0.2, -0.15) is 0 Å². The molecular weight excluding hydrogens is 426 g/mol. The molecule has 0 unspecified atom stereocenters. The van der Waals surface area contributed by atoms with E-state index in [-0.39, 0.29) is 10.9 Å². The highest BCUT2D eigenvalue weighted by Crippen LogP contribution is 2.33. The standard InChI is InChI=1S/C24H33N3O4S/c1-26-12-6-7-18-15-19(8-10-21(18)26)22(27-13-4-5-14-27)17-25-32(28,29)20-9-11-23(30-2)24(16-20)31-3/h8-11,15-16,22,25H,4-7,12-14,17H2,1-3H3/t22-/m1/s1. The Morgan fingerprint density at radius 1 is 0.969 bits per heavy atom. The Morgan fingerprint density at radius 3 is 2.44 bits per heavy atom. The highest BCUT2D eigenvalue weighted by Gasteiger charge is 2.27. The highest BCUT2D eigenvalue weighted by molar-refractivity contribution is 7.89. The molecule has 2 aliphatic heterocycles. The van der Waals surface area contributed by atoms with Crippen LogP contribution in [-0.2, 0) is 16.4 Å². The first-order valence-corrected chi connectivity index (χ1v) is 12.7. The molecule has 2 heterocycles. The van der Waals surface area contributed by atoms with Gasteiger partial charge in [-0.05, 0) is 68.1 Å². The first kappa shape index (κ1) is 22.9. The molecule has 7 nitrogen and oxygen atoms in total. The van der Waals surface area contributed by atoms with Crippen LogP contribution in [0, 0.1) is 0 Å². The Bertz CT molecular complexity index is 1050. The van der Waals surface area contributed by atoms with Crippen LogP contribution in [0.25, 0.3) is 0 Å². The van der Waals surface area contributed by atoms with E-state index in [1.165, 1.54) is 37.1 Å². The zero-order chi connectivity index (χ0) is 22.7. The number of aryl methyl sites for hydroxylation is 1. The van der Waals surface area contributed by atoms with Crippen molar-refractivity contribution < 1.29 is 17.9 Å². The van der Waals surface area contributed by atoms with Gasteiger partial charge in [-0.3, -0.25) is 4.90 Å². The summed E-state index contributed by atoms with van der Waals surface area (Å²) in [6.45, 7) is 3.37. The minimum atomic E-state index is -3.70. The van der Waals surface area contributed by atoms with Gasteiger partial charge in [-0.15, -0.1) is 0 Å². The lowest BCUT2D eigenvalue weighted by Crippen LogP contribution is -2.37. The van der Waals surface area contributed by atoms with Gasteiger partial charge in [0.05, 0.1) is 19.1 Å². The molecule has 2 aliphatic rings. The Morgan fingerprint density at radius 2 is 1.72 bits per heavy atom. The summed E-state index contributed by atoms with van der Waals surface area (Å²) >= 11 is 0. The lowest BCUT2D eigenvalue weighted by Gasteiger charge is -2.32. The maximum atomic E-state index is 13.1. The predicted molar refractivity (Wildman–Crippen MR) is 126 cm³/mol. The molecule has 0 saturated carbocycles. The molecule has 4 rings (SSSR count). The summed E-state index contributed by atoms with van der Waals surface area (Å²) in [6.07, 6.45) is 4.50. The number of hydrogen-bond acceptors (Lipinski definition) is 6. The molecule has 1 fully saturated rings. The van der Waals surface area contributed by atoms with E-state index >= 15 is 0 Å². The second-order valence-electron chi connectivity index (χ2n) is 8.54. The van der Waals surface area contributed by atoms with E-state index in [4.69, 9.17) is 9.47 Å². The van der Waals surface area contributed by atoms with Gasteiger partial charge < -0.3 is 14.4 Å². The molecular formula is C24H33N3O4S. The SMILES string of the molecule is COc1ccc(S(=O)(=O)NC[C@H](c2ccc3c(c2)CCCN3C)N2CCCC2)cc1OC. The number of sulfonamides is 1. The summed E-state index contributed by atoms with van der Waals surface area (Å²) in [4.78, 5) is 4.86. The van der Waals surface area contributed by atoms with E-state index < -0.39 is 10.0 Å². The molecule has 0 aliphatic carbocycles. The molecule has 0 spiro atoms. The third-order valence-electron chi connectivity index (χ3n) is 6.55. The van der Waals surface area contributed by atoms with Crippen molar-refractivity contribution in [1.29, 1.82) is 0 Å². The Hall–Kier alpha value is -2.29. The fourth-order valence-corrected chi connectivity index (χ4v) is 5.83. The molecule has 1 N–H and O–H groups in total. The average molecular weight is 460 g/mol. The Kier molecular flexibility index (Phi) is 6.93. The Labute approximate surface area is 191 Å². The minimum absolute atomic E-state index is 0.00458. The number of likely N-dealkylation sites (tertiary alicyclic amines) is 1. The molecule has 32 heavy (non-hydrogen) atoms. The summed E-state index contributed by atoms with van der Waals surface area (Å²) in [5.74, 6) is 0.894. The van der Waals surface area contributed by atoms with E-state index in [0.29, 0.717) is 18.0 Å². The van der Waals surface area contributed by atoms with E-state index in [1.54, 1.807) is 12.1 Å². The van der Waals surface area contributed by atoms with Crippen LogP contribution in [-0.4, -0.2) is 60.8 Å². The van der Waals surface area contributed by atoms with E-state index in [0.717, 1.165) is 45.3 Å². The Balaban J connectivity index is 1.58. The third kappa shape index (κ3) is 4.72. The molecule has 1 atom stereocenters. The zero-order valence-corrected chi connectivity index (χ0v) is 20.0. The molecule has 2 aromatic rings. The molecule has 2 aromatic carbocycles. The monoisotopic (exact) mass is 459 g/mol. The van der Waals surface area contributed by atoms with Crippen LogP contribution in [0.5, 0.6) is 11.5 Å². The maximum absolute atomic E-state index is 13.1. The smallest absolute Gasteiger partial charge is 0.240 e. The number of anilines is 1. The fourth-order valence-electron chi connectivity index (χ4n) is 4.78. The highest BCUT2D eigenvalue weighted by atomic mass is 32.2. The fraction of sp³-hybridized carbons (Fsp3) is 0.500. The van der Waals surface area contributed by atoms with Crippen molar-refractivity contribution in [2.45, 2.75) is 36.6 Å². The second kappa shape index (κ2) is 9.68. The van der Waals surface area contributed by atoms with Crippen molar-refractivity contribution in [2.75, 3.05) is 52.3 Å². The quantitative estimate of drug-likeness (QED) is 0.654. The second-order valence-corrected chi connectivity index (χ2v) is 10.3. The number of nitrogens with zero attached hydrogens (tertiary/aromatic N) is 2. The largest absolute Gasteiger partial charge is 0.493 e. The summed E-state index contributed by atoms with van der Waals surface area (Å²) in [5, 5.41) is 0. The molecule has 0 aromatic heterocycles. The van der Waals surface area contributed by atoms with Gasteiger partial charge in [0.25, 0.3) is 0 Å². The van der Waals surface area contributed by atoms with Crippen LogP contribution in [0.3, 0.4) is 0 Å². The normalized spacial score (nSPS) is 17.8. The van der Waals surface area contributed by atoms with Crippen molar-refractivity contribution in [3.05, 3.63) is 47.5 Å². The lowest BCUT2D eigenvalue weighted by atomic mass is 9.96. The summed E-state index contributed by atoms with van der Waals surface area (Å²) < 4.78 is 39.5. The zero-order valence-electron chi connectivity index (χ0n) is 19.1. The van der Waals surface area contributed by atoms with Gasteiger partial charge in [-0.25, -0.2) is 13.1 Å².